The Morgan fingerprint density at radius 2 is 2.08 bits per heavy atom. The molecule has 1 aliphatic rings. The molecule has 3 rings (SSSR count). The van der Waals surface area contributed by atoms with E-state index in [9.17, 15) is 9.18 Å². The number of rotatable bonds is 3. The Balaban J connectivity index is 2.18. The average molecular weight is 352 g/mol. The highest BCUT2D eigenvalue weighted by Gasteiger charge is 2.29. The van der Waals surface area contributed by atoms with Gasteiger partial charge in [-0.2, -0.15) is 0 Å². The SMILES string of the molecule is CCC(N)(C#Cc1c(F)ccc2c1C(=Cc1[nH]cnc1C)C(=O)N2)CC. The zero-order valence-electron chi connectivity index (χ0n) is 15.0. The van der Waals surface area contributed by atoms with Crippen molar-refractivity contribution >= 4 is 23.2 Å². The van der Waals surface area contributed by atoms with E-state index < -0.39 is 11.4 Å². The molecule has 2 aromatic rings. The quantitative estimate of drug-likeness (QED) is 0.586. The number of aromatic amines is 1. The Bertz CT molecular complexity index is 958. The fraction of sp³-hybridized carbons (Fsp3) is 0.300. The summed E-state index contributed by atoms with van der Waals surface area (Å²) in [6.45, 7) is 5.72. The van der Waals surface area contributed by atoms with Crippen LogP contribution in [0.1, 0.15) is 49.2 Å². The van der Waals surface area contributed by atoms with E-state index in [-0.39, 0.29) is 11.5 Å². The summed E-state index contributed by atoms with van der Waals surface area (Å²) < 4.78 is 14.6. The van der Waals surface area contributed by atoms with Gasteiger partial charge in [0.1, 0.15) is 5.82 Å². The molecule has 0 spiro atoms. The molecule has 0 atom stereocenters. The summed E-state index contributed by atoms with van der Waals surface area (Å²) in [4.78, 5) is 19.5. The first-order chi connectivity index (χ1) is 12.4. The van der Waals surface area contributed by atoms with Crippen LogP contribution in [-0.2, 0) is 4.79 Å². The number of hydrogen-bond donors (Lipinski definition) is 3. The van der Waals surface area contributed by atoms with Crippen LogP contribution >= 0.6 is 0 Å². The zero-order valence-corrected chi connectivity index (χ0v) is 15.0. The van der Waals surface area contributed by atoms with Gasteiger partial charge in [0.25, 0.3) is 5.91 Å². The minimum absolute atomic E-state index is 0.181. The lowest BCUT2D eigenvalue weighted by molar-refractivity contribution is -0.110. The number of halogens is 1. The molecule has 4 N–H and O–H groups in total. The van der Waals surface area contributed by atoms with Crippen molar-refractivity contribution in [1.29, 1.82) is 0 Å². The number of nitrogens with two attached hydrogens (primary N) is 1. The van der Waals surface area contributed by atoms with Crippen LogP contribution in [0.5, 0.6) is 0 Å². The summed E-state index contributed by atoms with van der Waals surface area (Å²) in [5, 5.41) is 2.76. The molecule has 1 aliphatic heterocycles. The molecule has 0 saturated carbocycles. The van der Waals surface area contributed by atoms with Gasteiger partial charge >= 0.3 is 0 Å². The van der Waals surface area contributed by atoms with E-state index in [1.54, 1.807) is 18.5 Å². The number of nitrogens with one attached hydrogen (secondary N) is 2. The molecular weight excluding hydrogens is 331 g/mol. The van der Waals surface area contributed by atoms with Crippen molar-refractivity contribution in [2.45, 2.75) is 39.2 Å². The Morgan fingerprint density at radius 1 is 1.35 bits per heavy atom. The second-order valence-electron chi connectivity index (χ2n) is 6.37. The lowest BCUT2D eigenvalue weighted by Gasteiger charge is -2.18. The van der Waals surface area contributed by atoms with Crippen molar-refractivity contribution in [3.8, 4) is 11.8 Å². The third-order valence-corrected chi connectivity index (χ3v) is 4.77. The first-order valence-corrected chi connectivity index (χ1v) is 8.56. The second-order valence-corrected chi connectivity index (χ2v) is 6.37. The number of fused-ring (bicyclic) bond motifs is 1. The first-order valence-electron chi connectivity index (χ1n) is 8.56. The average Bonchev–Trinajstić information content (AvgIpc) is 3.18. The Labute approximate surface area is 151 Å². The highest BCUT2D eigenvalue weighted by molar-refractivity contribution is 6.35. The third kappa shape index (κ3) is 3.14. The predicted octanol–water partition coefficient (Wildman–Crippen LogP) is 3.22. The highest BCUT2D eigenvalue weighted by Crippen LogP contribution is 2.36. The van der Waals surface area contributed by atoms with Gasteiger partial charge in [-0.05, 0) is 38.0 Å². The number of aryl methyl sites for hydroxylation is 1. The number of benzene rings is 1. The van der Waals surface area contributed by atoms with Gasteiger partial charge in [-0.25, -0.2) is 9.37 Å². The molecule has 134 valence electrons. The largest absolute Gasteiger partial charge is 0.345 e. The van der Waals surface area contributed by atoms with Crippen molar-refractivity contribution in [3.63, 3.8) is 0 Å². The maximum Gasteiger partial charge on any atom is 0.256 e. The van der Waals surface area contributed by atoms with Gasteiger partial charge in [-0.3, -0.25) is 4.79 Å². The lowest BCUT2D eigenvalue weighted by Crippen LogP contribution is -2.36. The number of carbonyl (C=O) groups is 1. The molecule has 0 bridgehead atoms. The fourth-order valence-electron chi connectivity index (χ4n) is 2.80. The van der Waals surface area contributed by atoms with Gasteiger partial charge in [0.2, 0.25) is 0 Å². The van der Waals surface area contributed by atoms with Crippen LogP contribution in [0.4, 0.5) is 10.1 Å². The Hall–Kier alpha value is -2.91. The molecule has 1 aromatic heterocycles. The Morgan fingerprint density at radius 3 is 2.69 bits per heavy atom. The van der Waals surface area contributed by atoms with Gasteiger partial charge in [0.05, 0.1) is 40.1 Å². The van der Waals surface area contributed by atoms with Gasteiger partial charge in [0.15, 0.2) is 0 Å². The standard InChI is InChI=1S/C20H21FN4O/c1-4-20(22,5-2)9-8-13-15(21)6-7-16-18(13)14(19(26)25-16)10-17-12(3)23-11-24-17/h6-7,10-11H,4-5,22H2,1-3H3,(H,23,24)(H,25,26). The van der Waals surface area contributed by atoms with E-state index in [1.165, 1.54) is 6.07 Å². The summed E-state index contributed by atoms with van der Waals surface area (Å²) in [5.41, 5.74) is 8.53. The van der Waals surface area contributed by atoms with Crippen LogP contribution in [0.15, 0.2) is 18.5 Å². The summed E-state index contributed by atoms with van der Waals surface area (Å²) in [6.07, 6.45) is 4.53. The fourth-order valence-corrected chi connectivity index (χ4v) is 2.80. The zero-order chi connectivity index (χ0) is 18.9. The van der Waals surface area contributed by atoms with E-state index in [4.69, 9.17) is 5.73 Å². The first kappa shape index (κ1) is 17.9. The molecule has 0 aliphatic carbocycles. The summed E-state index contributed by atoms with van der Waals surface area (Å²) in [7, 11) is 0. The molecule has 1 aromatic carbocycles. The number of aromatic nitrogens is 2. The molecule has 26 heavy (non-hydrogen) atoms. The highest BCUT2D eigenvalue weighted by atomic mass is 19.1. The van der Waals surface area contributed by atoms with E-state index in [0.717, 1.165) is 5.69 Å². The summed E-state index contributed by atoms with van der Waals surface area (Å²) >= 11 is 0. The van der Waals surface area contributed by atoms with Gasteiger partial charge in [-0.15, -0.1) is 0 Å². The number of hydrogen-bond acceptors (Lipinski definition) is 3. The lowest BCUT2D eigenvalue weighted by atomic mass is 9.93. The van der Waals surface area contributed by atoms with Crippen LogP contribution < -0.4 is 11.1 Å². The summed E-state index contributed by atoms with van der Waals surface area (Å²) in [5.74, 6) is 5.11. The number of nitrogens with zero attached hydrogens (tertiary/aromatic N) is 1. The number of amides is 1. The smallest absolute Gasteiger partial charge is 0.256 e. The maximum absolute atomic E-state index is 14.6. The van der Waals surface area contributed by atoms with E-state index >= 15 is 0 Å². The van der Waals surface area contributed by atoms with Crippen molar-refractivity contribution in [1.82, 2.24) is 9.97 Å². The van der Waals surface area contributed by atoms with Gasteiger partial charge in [-0.1, -0.05) is 25.7 Å². The number of anilines is 1. The number of H-pyrrole nitrogens is 1. The van der Waals surface area contributed by atoms with Crippen molar-refractivity contribution in [2.24, 2.45) is 5.73 Å². The summed E-state index contributed by atoms with van der Waals surface area (Å²) in [6, 6.07) is 2.85. The van der Waals surface area contributed by atoms with Gasteiger partial charge in [0, 0.05) is 5.56 Å². The second kappa shape index (κ2) is 6.77. The molecule has 0 unspecified atom stereocenters. The van der Waals surface area contributed by atoms with Crippen LogP contribution in [0, 0.1) is 24.6 Å². The minimum Gasteiger partial charge on any atom is -0.345 e. The molecule has 0 fully saturated rings. The van der Waals surface area contributed by atoms with Crippen LogP contribution in [0.2, 0.25) is 0 Å². The normalized spacial score (nSPS) is 14.8. The molecule has 0 radical (unpaired) electrons. The third-order valence-electron chi connectivity index (χ3n) is 4.77. The molecule has 1 amide bonds. The van der Waals surface area contributed by atoms with Crippen LogP contribution in [0.25, 0.3) is 11.6 Å². The molecule has 6 heteroatoms. The van der Waals surface area contributed by atoms with Crippen LogP contribution in [-0.4, -0.2) is 21.4 Å². The predicted molar refractivity (Wildman–Crippen MR) is 101 cm³/mol. The minimum atomic E-state index is -0.685. The van der Waals surface area contributed by atoms with Gasteiger partial charge < -0.3 is 16.0 Å². The van der Waals surface area contributed by atoms with Crippen LogP contribution in [0.3, 0.4) is 0 Å². The molecule has 0 saturated heterocycles. The number of imidazole rings is 1. The van der Waals surface area contributed by atoms with Crippen molar-refractivity contribution in [3.05, 3.63) is 46.8 Å². The molecular formula is C20H21FN4O. The monoisotopic (exact) mass is 352 g/mol. The molecule has 2 heterocycles. The topological polar surface area (TPSA) is 83.8 Å². The Kier molecular flexibility index (Phi) is 4.66. The van der Waals surface area contributed by atoms with Crippen molar-refractivity contribution in [2.75, 3.05) is 5.32 Å². The van der Waals surface area contributed by atoms with E-state index in [2.05, 4.69) is 27.1 Å². The molecule has 5 nitrogen and oxygen atoms in total. The van der Waals surface area contributed by atoms with Crippen molar-refractivity contribution < 1.29 is 9.18 Å². The van der Waals surface area contributed by atoms with E-state index in [1.807, 2.05) is 20.8 Å². The maximum atomic E-state index is 14.6. The van der Waals surface area contributed by atoms with E-state index in [0.29, 0.717) is 35.4 Å². The number of carbonyl (C=O) groups excluding carboxylic acids is 1.